The summed E-state index contributed by atoms with van der Waals surface area (Å²) in [5.41, 5.74) is 19.4. The Morgan fingerprint density at radius 1 is 0.405 bits per heavy atom. The molecule has 0 unspecified atom stereocenters. The summed E-state index contributed by atoms with van der Waals surface area (Å²) in [6.45, 7) is -8.27. The lowest BCUT2D eigenvalue weighted by Crippen LogP contribution is -2.69. The number of aliphatic carboxylic acids is 1. The Bertz CT molecular complexity index is 2040. The Morgan fingerprint density at radius 2 is 0.689 bits per heavy atom. The minimum Gasteiger partial charge on any atom is -0.480 e. The molecule has 0 aliphatic rings. The molecule has 0 fully saturated rings. The summed E-state index contributed by atoms with van der Waals surface area (Å²) in [5.74, 6) is -14.6. The Morgan fingerprint density at radius 3 is 1.00 bits per heavy atom. The van der Waals surface area contributed by atoms with Crippen LogP contribution in [0.5, 0.6) is 0 Å². The average molecular weight is 1060 g/mol. The first-order chi connectivity index (χ1) is 34.8. The standard InChI is InChI=1S/C37H63N19O18/c38-18(17-57)34(72)52-11-28(65)47-7-24(61)45-9-26(63)49-14-31(68)55-19(2-1-3-42-37(40)41)35(73)53-12-30(67)50-15-32(69)56-20(4-21(39)58)36(74)54-13-29(66)48-8-25(62)44-5-22(59)43-6-23(60)46-10-27(64)51-16-33(70)71/h18-20,37,42,57H,1-17,38,40-41H2,(H2,39,58)(H,43,59)(H,44,62)(H,45,61)(H,46,60)(H,47,65)(H,48,66)(H,49,63)(H,50,67)(H,51,64)(H,52,72)(H,53,73)(H,54,74)(H,55,68)(H,56,69)(H,70,71)/p+1/t18-,19-,20-/m0/s1. The van der Waals surface area contributed by atoms with E-state index in [1.165, 1.54) is 0 Å². The molecule has 414 valence electrons. The molecule has 26 N–H and O–H groups in total. The van der Waals surface area contributed by atoms with Crippen LogP contribution in [-0.4, -0.2) is 221 Å². The van der Waals surface area contributed by atoms with Crippen molar-refractivity contribution in [3.63, 3.8) is 0 Å². The van der Waals surface area contributed by atoms with Crippen molar-refractivity contribution in [1.29, 1.82) is 0 Å². The molecule has 0 aromatic rings. The molecular weight excluding hydrogens is 999 g/mol. The van der Waals surface area contributed by atoms with E-state index in [0.717, 1.165) is 0 Å². The first kappa shape index (κ1) is 65.3. The van der Waals surface area contributed by atoms with Crippen LogP contribution in [-0.2, 0) is 76.7 Å². The second kappa shape index (κ2) is 37.1. The Balaban J connectivity index is 4.89. The fraction of sp³-hybridized carbons (Fsp3) is 0.568. The van der Waals surface area contributed by atoms with E-state index in [2.05, 4.69) is 80.2 Å². The van der Waals surface area contributed by atoms with Crippen molar-refractivity contribution in [1.82, 2.24) is 79.8 Å². The zero-order valence-electron chi connectivity index (χ0n) is 39.7. The Hall–Kier alpha value is -8.68. The van der Waals surface area contributed by atoms with Gasteiger partial charge in [0.2, 0.25) is 82.7 Å². The molecule has 0 heterocycles. The van der Waals surface area contributed by atoms with Crippen LogP contribution >= 0.6 is 0 Å². The highest BCUT2D eigenvalue weighted by molar-refractivity contribution is 5.97. The summed E-state index contributed by atoms with van der Waals surface area (Å²) in [6.07, 6.45) is -1.51. The highest BCUT2D eigenvalue weighted by atomic mass is 16.4. The first-order valence-electron chi connectivity index (χ1n) is 21.8. The number of amides is 15. The topological polar surface area (TPSA) is 600 Å². The molecule has 0 bridgehead atoms. The van der Waals surface area contributed by atoms with Crippen molar-refractivity contribution in [2.45, 2.75) is 43.7 Å². The SMILES string of the molecule is NC(=O)C[C@H](NC(=O)CNC(=O)CNC(=O)[C@H](CCCNC(N)N)NC(=O)CNC(=O)CNC(=O)CNC(=O)CNC(=O)[C@@H]([NH3+])CO)C(=O)NCC(=O)NCC(=O)NCC(=O)NCC(=O)NCC(=O)NCC(=O)O. The maximum Gasteiger partial charge on any atom is 0.322 e. The number of primary amides is 1. The largest absolute Gasteiger partial charge is 0.480 e. The number of aliphatic hydroxyl groups is 1. The molecule has 0 radical (unpaired) electrons. The lowest BCUT2D eigenvalue weighted by molar-refractivity contribution is -0.409. The monoisotopic (exact) mass is 1060 g/mol. The number of nitrogens with two attached hydrogens (primary N) is 3. The molecule has 0 aromatic heterocycles. The van der Waals surface area contributed by atoms with Gasteiger partial charge in [-0.3, -0.25) is 82.0 Å². The molecular formula is C37H64N19O18+. The third-order valence-corrected chi connectivity index (χ3v) is 8.62. The average Bonchev–Trinajstić information content (AvgIpc) is 3.35. The van der Waals surface area contributed by atoms with E-state index < -0.39 is 211 Å². The smallest absolute Gasteiger partial charge is 0.322 e. The highest BCUT2D eigenvalue weighted by Crippen LogP contribution is 1.98. The molecule has 37 nitrogen and oxygen atoms in total. The number of nitrogens with one attached hydrogen (secondary N) is 15. The molecule has 0 spiro atoms. The van der Waals surface area contributed by atoms with Crippen molar-refractivity contribution >= 4 is 94.6 Å². The molecule has 0 rings (SSSR count). The summed E-state index contributed by atoms with van der Waals surface area (Å²) in [4.78, 5) is 193. The predicted octanol–water partition coefficient (Wildman–Crippen LogP) is -16.5. The van der Waals surface area contributed by atoms with Gasteiger partial charge in [-0.2, -0.15) is 0 Å². The molecule has 74 heavy (non-hydrogen) atoms. The Kier molecular flexibility index (Phi) is 32.8. The molecule has 0 saturated heterocycles. The van der Waals surface area contributed by atoms with E-state index in [-0.39, 0.29) is 19.4 Å². The number of carboxylic acid groups (broad SMARTS) is 1. The van der Waals surface area contributed by atoms with E-state index in [1.54, 1.807) is 0 Å². The van der Waals surface area contributed by atoms with Crippen LogP contribution in [0.3, 0.4) is 0 Å². The highest BCUT2D eigenvalue weighted by Gasteiger charge is 2.25. The number of carbonyl (C=O) groups is 16. The minimum atomic E-state index is -1.66. The van der Waals surface area contributed by atoms with Crippen LogP contribution < -0.4 is 103 Å². The third-order valence-electron chi connectivity index (χ3n) is 8.62. The lowest BCUT2D eigenvalue weighted by Gasteiger charge is -2.19. The number of carboxylic acids is 1. The van der Waals surface area contributed by atoms with Crippen LogP contribution in [0.2, 0.25) is 0 Å². The normalized spacial score (nSPS) is 11.5. The van der Waals surface area contributed by atoms with Crippen LogP contribution in [0.4, 0.5) is 0 Å². The fourth-order valence-electron chi connectivity index (χ4n) is 4.89. The van der Waals surface area contributed by atoms with Gasteiger partial charge in [-0.05, 0) is 19.4 Å². The number of hydrogen-bond donors (Lipinski definition) is 21. The summed E-state index contributed by atoms with van der Waals surface area (Å²) in [7, 11) is 0. The van der Waals surface area contributed by atoms with Crippen LogP contribution in [0.25, 0.3) is 0 Å². The van der Waals surface area contributed by atoms with Gasteiger partial charge in [0, 0.05) is 0 Å². The summed E-state index contributed by atoms with van der Waals surface area (Å²) in [5, 5.41) is 50.4. The molecule has 0 aromatic carbocycles. The van der Waals surface area contributed by atoms with Gasteiger partial charge in [0.15, 0.2) is 6.04 Å². The predicted molar refractivity (Wildman–Crippen MR) is 245 cm³/mol. The molecule has 15 amide bonds. The van der Waals surface area contributed by atoms with Crippen molar-refractivity contribution < 1.29 is 92.7 Å². The van der Waals surface area contributed by atoms with Gasteiger partial charge < -0.3 is 108 Å². The number of hydrogen-bond acceptors (Lipinski definition) is 20. The maximum absolute atomic E-state index is 13.0. The maximum atomic E-state index is 13.0. The summed E-state index contributed by atoms with van der Waals surface area (Å²) in [6, 6.07) is -3.96. The van der Waals surface area contributed by atoms with E-state index in [0.29, 0.717) is 0 Å². The molecule has 0 aliphatic heterocycles. The number of quaternary nitrogens is 1. The van der Waals surface area contributed by atoms with Crippen molar-refractivity contribution in [3.8, 4) is 0 Å². The van der Waals surface area contributed by atoms with E-state index in [1.807, 2.05) is 5.32 Å². The zero-order chi connectivity index (χ0) is 56.2. The minimum absolute atomic E-state index is 0.0452. The fourth-order valence-corrected chi connectivity index (χ4v) is 4.89. The van der Waals surface area contributed by atoms with Gasteiger partial charge in [0.1, 0.15) is 31.5 Å². The van der Waals surface area contributed by atoms with Crippen molar-refractivity contribution in [3.05, 3.63) is 0 Å². The number of carbonyl (C=O) groups excluding carboxylic acids is 15. The second-order valence-electron chi connectivity index (χ2n) is 14.9. The van der Waals surface area contributed by atoms with E-state index in [4.69, 9.17) is 27.4 Å². The van der Waals surface area contributed by atoms with Crippen LogP contribution in [0.1, 0.15) is 19.3 Å². The van der Waals surface area contributed by atoms with Gasteiger partial charge in [0.05, 0.1) is 78.4 Å². The Labute approximate surface area is 419 Å². The molecule has 37 heteroatoms. The lowest BCUT2D eigenvalue weighted by atomic mass is 10.1. The first-order valence-corrected chi connectivity index (χ1v) is 21.8. The quantitative estimate of drug-likeness (QED) is 0.0203. The third kappa shape index (κ3) is 34.6. The van der Waals surface area contributed by atoms with Crippen LogP contribution in [0.15, 0.2) is 0 Å². The van der Waals surface area contributed by atoms with E-state index in [9.17, 15) is 76.7 Å². The summed E-state index contributed by atoms with van der Waals surface area (Å²) < 4.78 is 0. The van der Waals surface area contributed by atoms with Gasteiger partial charge in [-0.1, -0.05) is 0 Å². The van der Waals surface area contributed by atoms with Gasteiger partial charge >= 0.3 is 5.97 Å². The number of aliphatic hydroxyl groups excluding tert-OH is 1. The van der Waals surface area contributed by atoms with Gasteiger partial charge in [0.25, 0.3) is 5.91 Å². The zero-order valence-corrected chi connectivity index (χ0v) is 39.7. The molecule has 0 saturated carbocycles. The van der Waals surface area contributed by atoms with E-state index >= 15 is 0 Å². The molecule has 0 aliphatic carbocycles. The number of rotatable bonds is 37. The van der Waals surface area contributed by atoms with Crippen molar-refractivity contribution in [2.24, 2.45) is 17.2 Å². The second-order valence-corrected chi connectivity index (χ2v) is 14.9. The van der Waals surface area contributed by atoms with Gasteiger partial charge in [-0.25, -0.2) is 0 Å². The van der Waals surface area contributed by atoms with Crippen molar-refractivity contribution in [2.75, 3.05) is 91.7 Å². The van der Waals surface area contributed by atoms with Crippen LogP contribution in [0, 0.1) is 0 Å². The van der Waals surface area contributed by atoms with Gasteiger partial charge in [-0.15, -0.1) is 0 Å². The molecule has 3 atom stereocenters. The summed E-state index contributed by atoms with van der Waals surface area (Å²) >= 11 is 0.